The number of phenols is 2. The van der Waals surface area contributed by atoms with Crippen LogP contribution in [0.2, 0.25) is 0 Å². The van der Waals surface area contributed by atoms with Crippen molar-refractivity contribution in [2.45, 2.75) is 18.8 Å². The fourth-order valence-electron chi connectivity index (χ4n) is 2.71. The third-order valence-electron chi connectivity index (χ3n) is 3.72. The number of phenolic OH excluding ortho intramolecular Hbond substituents is 2. The first kappa shape index (κ1) is 11.8. The topological polar surface area (TPSA) is 57.5 Å². The minimum atomic E-state index is -0.166. The molecular formula is C16H14O3. The van der Waals surface area contributed by atoms with Crippen molar-refractivity contribution in [3.8, 4) is 11.5 Å². The summed E-state index contributed by atoms with van der Waals surface area (Å²) in [4.78, 5) is 12.1. The van der Waals surface area contributed by atoms with E-state index in [-0.39, 0.29) is 23.2 Å². The molecule has 0 aromatic heterocycles. The lowest BCUT2D eigenvalue weighted by Gasteiger charge is -2.24. The standard InChI is InChI=1S/C16H14O3/c17-14-7-6-12-13(16(14)19)8-11(9-15(12)18)10-4-2-1-3-5-10/h1-7,11,17,19H,8-9H2. The Labute approximate surface area is 111 Å². The molecule has 0 aliphatic heterocycles. The molecule has 3 heteroatoms. The van der Waals surface area contributed by atoms with Gasteiger partial charge in [0.15, 0.2) is 17.3 Å². The molecule has 0 saturated heterocycles. The van der Waals surface area contributed by atoms with Gasteiger partial charge in [-0.3, -0.25) is 4.79 Å². The van der Waals surface area contributed by atoms with Crippen LogP contribution in [-0.2, 0) is 6.42 Å². The zero-order chi connectivity index (χ0) is 13.4. The third-order valence-corrected chi connectivity index (χ3v) is 3.72. The molecule has 0 bridgehead atoms. The van der Waals surface area contributed by atoms with E-state index in [2.05, 4.69) is 0 Å². The summed E-state index contributed by atoms with van der Waals surface area (Å²) in [5.41, 5.74) is 2.18. The molecule has 0 fully saturated rings. The molecule has 0 radical (unpaired) electrons. The number of hydrogen-bond acceptors (Lipinski definition) is 3. The molecular weight excluding hydrogens is 240 g/mol. The van der Waals surface area contributed by atoms with Gasteiger partial charge in [0, 0.05) is 17.5 Å². The van der Waals surface area contributed by atoms with Gasteiger partial charge in [0.05, 0.1) is 0 Å². The Hall–Kier alpha value is -2.29. The highest BCUT2D eigenvalue weighted by Gasteiger charge is 2.29. The van der Waals surface area contributed by atoms with Crippen LogP contribution < -0.4 is 0 Å². The molecule has 3 nitrogen and oxygen atoms in total. The number of ketones is 1. The quantitative estimate of drug-likeness (QED) is 0.769. The van der Waals surface area contributed by atoms with Crippen LogP contribution >= 0.6 is 0 Å². The van der Waals surface area contributed by atoms with Crippen LogP contribution in [0.5, 0.6) is 11.5 Å². The molecule has 2 aromatic rings. The smallest absolute Gasteiger partial charge is 0.163 e. The van der Waals surface area contributed by atoms with Crippen molar-refractivity contribution in [3.63, 3.8) is 0 Å². The summed E-state index contributed by atoms with van der Waals surface area (Å²) >= 11 is 0. The lowest BCUT2D eigenvalue weighted by atomic mass is 9.79. The predicted molar refractivity (Wildman–Crippen MR) is 71.6 cm³/mol. The van der Waals surface area contributed by atoms with Crippen LogP contribution in [-0.4, -0.2) is 16.0 Å². The van der Waals surface area contributed by atoms with Gasteiger partial charge in [0.25, 0.3) is 0 Å². The maximum atomic E-state index is 12.1. The average Bonchev–Trinajstić information content (AvgIpc) is 2.44. The second-order valence-corrected chi connectivity index (χ2v) is 4.90. The number of benzene rings is 2. The summed E-state index contributed by atoms with van der Waals surface area (Å²) in [5.74, 6) is -0.244. The average molecular weight is 254 g/mol. The summed E-state index contributed by atoms with van der Waals surface area (Å²) in [6, 6.07) is 12.8. The number of carbonyl (C=O) groups is 1. The first-order chi connectivity index (χ1) is 9.16. The van der Waals surface area contributed by atoms with E-state index in [4.69, 9.17) is 0 Å². The molecule has 0 amide bonds. The predicted octanol–water partition coefficient (Wildman–Crippen LogP) is 3.01. The first-order valence-electron chi connectivity index (χ1n) is 6.28. The first-order valence-corrected chi connectivity index (χ1v) is 6.28. The van der Waals surface area contributed by atoms with Gasteiger partial charge < -0.3 is 10.2 Å². The summed E-state index contributed by atoms with van der Waals surface area (Å²) in [6.07, 6.45) is 1.02. The molecule has 1 aliphatic rings. The van der Waals surface area contributed by atoms with Crippen LogP contribution in [0.3, 0.4) is 0 Å². The zero-order valence-electron chi connectivity index (χ0n) is 10.3. The Balaban J connectivity index is 2.04. The highest BCUT2D eigenvalue weighted by molar-refractivity contribution is 6.00. The summed E-state index contributed by atoms with van der Waals surface area (Å²) in [7, 11) is 0. The van der Waals surface area contributed by atoms with Crippen LogP contribution in [0.4, 0.5) is 0 Å². The second-order valence-electron chi connectivity index (χ2n) is 4.90. The normalized spacial score (nSPS) is 18.1. The van der Waals surface area contributed by atoms with E-state index in [1.807, 2.05) is 30.3 Å². The Morgan fingerprint density at radius 1 is 0.947 bits per heavy atom. The molecule has 0 saturated carbocycles. The number of carbonyl (C=O) groups excluding carboxylic acids is 1. The molecule has 96 valence electrons. The molecule has 2 aromatic carbocycles. The Morgan fingerprint density at radius 3 is 2.42 bits per heavy atom. The second kappa shape index (κ2) is 4.43. The minimum absolute atomic E-state index is 0.0189. The third kappa shape index (κ3) is 1.97. The summed E-state index contributed by atoms with van der Waals surface area (Å²) in [6.45, 7) is 0. The van der Waals surface area contributed by atoms with Crippen molar-refractivity contribution in [1.29, 1.82) is 0 Å². The van der Waals surface area contributed by atoms with E-state index in [0.29, 0.717) is 24.0 Å². The van der Waals surface area contributed by atoms with Crippen molar-refractivity contribution in [3.05, 3.63) is 59.2 Å². The molecule has 1 aliphatic carbocycles. The fourth-order valence-corrected chi connectivity index (χ4v) is 2.71. The maximum absolute atomic E-state index is 12.1. The Bertz CT molecular complexity index is 632. The number of aromatic hydroxyl groups is 2. The molecule has 0 spiro atoms. The number of Topliss-reactive ketones (excluding diaryl/α,β-unsaturated/α-hetero) is 1. The van der Waals surface area contributed by atoms with Gasteiger partial charge in [-0.15, -0.1) is 0 Å². The van der Waals surface area contributed by atoms with Gasteiger partial charge in [-0.05, 0) is 30.0 Å². The van der Waals surface area contributed by atoms with E-state index in [1.54, 1.807) is 6.07 Å². The van der Waals surface area contributed by atoms with Crippen LogP contribution in [0, 0.1) is 0 Å². The van der Waals surface area contributed by atoms with Gasteiger partial charge in [0.2, 0.25) is 0 Å². The van der Waals surface area contributed by atoms with E-state index in [9.17, 15) is 15.0 Å². The van der Waals surface area contributed by atoms with Gasteiger partial charge in [-0.1, -0.05) is 30.3 Å². The van der Waals surface area contributed by atoms with Gasteiger partial charge >= 0.3 is 0 Å². The number of hydrogen-bond donors (Lipinski definition) is 2. The molecule has 3 rings (SSSR count). The van der Waals surface area contributed by atoms with Crippen molar-refractivity contribution >= 4 is 5.78 Å². The van der Waals surface area contributed by atoms with Crippen molar-refractivity contribution < 1.29 is 15.0 Å². The van der Waals surface area contributed by atoms with E-state index in [0.717, 1.165) is 5.56 Å². The van der Waals surface area contributed by atoms with Crippen molar-refractivity contribution in [1.82, 2.24) is 0 Å². The molecule has 2 N–H and O–H groups in total. The molecule has 1 unspecified atom stereocenters. The van der Waals surface area contributed by atoms with E-state index in [1.165, 1.54) is 6.07 Å². The van der Waals surface area contributed by atoms with Crippen molar-refractivity contribution in [2.75, 3.05) is 0 Å². The molecule has 1 atom stereocenters. The maximum Gasteiger partial charge on any atom is 0.163 e. The highest BCUT2D eigenvalue weighted by Crippen LogP contribution is 2.40. The van der Waals surface area contributed by atoms with E-state index >= 15 is 0 Å². The van der Waals surface area contributed by atoms with Gasteiger partial charge in [-0.2, -0.15) is 0 Å². The highest BCUT2D eigenvalue weighted by atomic mass is 16.3. The summed E-state index contributed by atoms with van der Waals surface area (Å²) in [5, 5.41) is 19.5. The SMILES string of the molecule is O=C1CC(c2ccccc2)Cc2c1ccc(O)c2O. The van der Waals surface area contributed by atoms with Crippen LogP contribution in [0.25, 0.3) is 0 Å². The Kier molecular flexibility index (Phi) is 2.75. The van der Waals surface area contributed by atoms with Crippen LogP contribution in [0.15, 0.2) is 42.5 Å². The fraction of sp³-hybridized carbons (Fsp3) is 0.188. The van der Waals surface area contributed by atoms with Crippen LogP contribution in [0.1, 0.15) is 33.8 Å². The molecule has 19 heavy (non-hydrogen) atoms. The number of fused-ring (bicyclic) bond motifs is 1. The van der Waals surface area contributed by atoms with Gasteiger partial charge in [0.1, 0.15) is 0 Å². The zero-order valence-corrected chi connectivity index (χ0v) is 10.3. The minimum Gasteiger partial charge on any atom is -0.504 e. The Morgan fingerprint density at radius 2 is 1.68 bits per heavy atom. The lowest BCUT2D eigenvalue weighted by molar-refractivity contribution is 0.0963. The number of rotatable bonds is 1. The molecule has 0 heterocycles. The van der Waals surface area contributed by atoms with E-state index < -0.39 is 0 Å². The van der Waals surface area contributed by atoms with Crippen molar-refractivity contribution in [2.24, 2.45) is 0 Å². The largest absolute Gasteiger partial charge is 0.504 e. The monoisotopic (exact) mass is 254 g/mol. The van der Waals surface area contributed by atoms with Gasteiger partial charge in [-0.25, -0.2) is 0 Å². The lowest BCUT2D eigenvalue weighted by Crippen LogP contribution is -2.18. The summed E-state index contributed by atoms with van der Waals surface area (Å²) < 4.78 is 0.